The second-order valence-electron chi connectivity index (χ2n) is 5.53. The van der Waals surface area contributed by atoms with Gasteiger partial charge in [-0.05, 0) is 37.2 Å². The third-order valence-electron chi connectivity index (χ3n) is 3.63. The highest BCUT2D eigenvalue weighted by Crippen LogP contribution is 2.08. The van der Waals surface area contributed by atoms with E-state index in [1.54, 1.807) is 24.5 Å². The molecule has 0 unspecified atom stereocenters. The van der Waals surface area contributed by atoms with E-state index in [0.717, 1.165) is 31.4 Å². The molecule has 1 saturated heterocycles. The van der Waals surface area contributed by atoms with Gasteiger partial charge < -0.3 is 10.6 Å². The van der Waals surface area contributed by atoms with E-state index in [9.17, 15) is 9.59 Å². The Labute approximate surface area is 146 Å². The normalized spacial score (nSPS) is 17.4. The van der Waals surface area contributed by atoms with Gasteiger partial charge in [-0.2, -0.15) is 5.10 Å². The maximum absolute atomic E-state index is 12.1. The first-order chi connectivity index (χ1) is 11.6. The van der Waals surface area contributed by atoms with Crippen LogP contribution in [0.4, 0.5) is 0 Å². The van der Waals surface area contributed by atoms with Gasteiger partial charge in [0.2, 0.25) is 5.91 Å². The van der Waals surface area contributed by atoms with E-state index in [-0.39, 0.29) is 11.8 Å². The van der Waals surface area contributed by atoms with Crippen LogP contribution in [-0.4, -0.2) is 33.7 Å². The minimum Gasteiger partial charge on any atom is -0.350 e. The Morgan fingerprint density at radius 3 is 2.75 bits per heavy atom. The summed E-state index contributed by atoms with van der Waals surface area (Å²) in [5, 5.41) is 10.0. The third kappa shape index (κ3) is 5.38. The summed E-state index contributed by atoms with van der Waals surface area (Å²) in [6.07, 6.45) is 7.35. The first-order valence-electron chi connectivity index (χ1n) is 7.97. The van der Waals surface area contributed by atoms with Crippen molar-refractivity contribution in [3.05, 3.63) is 30.1 Å². The lowest BCUT2D eigenvalue weighted by molar-refractivity contribution is -0.119. The highest BCUT2D eigenvalue weighted by Gasteiger charge is 2.28. The predicted octanol–water partition coefficient (Wildman–Crippen LogP) is 1.51. The van der Waals surface area contributed by atoms with Crippen molar-refractivity contribution >= 4 is 34.9 Å². The molecule has 1 aliphatic heterocycles. The van der Waals surface area contributed by atoms with Gasteiger partial charge in [0.1, 0.15) is 6.04 Å². The summed E-state index contributed by atoms with van der Waals surface area (Å²) in [4.78, 5) is 27.7. The number of thiocarbonyl (C=S) groups is 1. The van der Waals surface area contributed by atoms with Crippen LogP contribution in [0.2, 0.25) is 0 Å². The summed E-state index contributed by atoms with van der Waals surface area (Å²) in [7, 11) is 0. The van der Waals surface area contributed by atoms with Gasteiger partial charge >= 0.3 is 0 Å². The quantitative estimate of drug-likeness (QED) is 0.287. The van der Waals surface area contributed by atoms with E-state index < -0.39 is 6.04 Å². The molecule has 0 aliphatic carbocycles. The number of carbonyl (C=O) groups excluding carboxylic acids is 2. The molecule has 3 N–H and O–H groups in total. The van der Waals surface area contributed by atoms with Gasteiger partial charge in [-0.3, -0.25) is 14.6 Å². The maximum Gasteiger partial charge on any atom is 0.271 e. The number of hydrogen-bond acceptors (Lipinski definition) is 5. The van der Waals surface area contributed by atoms with E-state index in [0.29, 0.717) is 17.1 Å². The summed E-state index contributed by atoms with van der Waals surface area (Å²) >= 11 is 4.94. The van der Waals surface area contributed by atoms with Crippen LogP contribution >= 0.6 is 12.2 Å². The van der Waals surface area contributed by atoms with Crippen LogP contribution in [0.1, 0.15) is 49.4 Å². The summed E-state index contributed by atoms with van der Waals surface area (Å²) in [5.74, 6) is -0.464. The molecule has 0 bridgehead atoms. The molecule has 8 heteroatoms. The van der Waals surface area contributed by atoms with Gasteiger partial charge in [0.15, 0.2) is 5.11 Å². The van der Waals surface area contributed by atoms with E-state index in [2.05, 4.69) is 33.1 Å². The van der Waals surface area contributed by atoms with Crippen molar-refractivity contribution in [2.24, 2.45) is 5.10 Å². The van der Waals surface area contributed by atoms with E-state index in [4.69, 9.17) is 12.2 Å². The van der Waals surface area contributed by atoms with Crippen LogP contribution in [-0.2, 0) is 4.79 Å². The minimum absolute atomic E-state index is 0.163. The van der Waals surface area contributed by atoms with Crippen molar-refractivity contribution < 1.29 is 9.59 Å². The zero-order valence-electron chi connectivity index (χ0n) is 13.5. The summed E-state index contributed by atoms with van der Waals surface area (Å²) in [6, 6.07) is 2.80. The van der Waals surface area contributed by atoms with Crippen LogP contribution in [0, 0.1) is 0 Å². The Balaban J connectivity index is 2.00. The van der Waals surface area contributed by atoms with Gasteiger partial charge in [-0.1, -0.05) is 19.8 Å². The molecule has 1 aromatic rings. The van der Waals surface area contributed by atoms with E-state index >= 15 is 0 Å². The van der Waals surface area contributed by atoms with E-state index in [1.165, 1.54) is 0 Å². The zero-order chi connectivity index (χ0) is 17.4. The molecule has 2 rings (SSSR count). The summed E-state index contributed by atoms with van der Waals surface area (Å²) < 4.78 is 0. The molecule has 0 radical (unpaired) electrons. The molecule has 1 atom stereocenters. The number of aromatic nitrogens is 1. The Hall–Kier alpha value is -2.35. The van der Waals surface area contributed by atoms with Gasteiger partial charge in [0.05, 0.1) is 0 Å². The first kappa shape index (κ1) is 18.0. The van der Waals surface area contributed by atoms with Crippen molar-refractivity contribution in [2.45, 2.75) is 45.1 Å². The van der Waals surface area contributed by atoms with Gasteiger partial charge in [0.25, 0.3) is 5.91 Å². The molecule has 128 valence electrons. The average Bonchev–Trinajstić information content (AvgIpc) is 2.90. The van der Waals surface area contributed by atoms with Crippen molar-refractivity contribution in [3.63, 3.8) is 0 Å². The predicted molar refractivity (Wildman–Crippen MR) is 95.6 cm³/mol. The fourth-order valence-electron chi connectivity index (χ4n) is 2.32. The number of rotatable bonds is 8. The molecule has 24 heavy (non-hydrogen) atoms. The van der Waals surface area contributed by atoms with Gasteiger partial charge in [0, 0.05) is 30.1 Å². The average molecular weight is 347 g/mol. The van der Waals surface area contributed by atoms with Crippen LogP contribution in [0.25, 0.3) is 0 Å². The maximum atomic E-state index is 12.1. The number of hydrogen-bond donors (Lipinski definition) is 3. The fourth-order valence-corrected chi connectivity index (χ4v) is 2.56. The molecule has 0 aromatic carbocycles. The third-order valence-corrected chi connectivity index (χ3v) is 3.85. The van der Waals surface area contributed by atoms with Crippen molar-refractivity contribution in [1.29, 1.82) is 0 Å². The Morgan fingerprint density at radius 1 is 1.38 bits per heavy atom. The molecule has 1 aliphatic rings. The molecule has 2 amide bonds. The lowest BCUT2D eigenvalue weighted by Gasteiger charge is -2.11. The van der Waals surface area contributed by atoms with E-state index in [1.807, 2.05) is 0 Å². The Kier molecular flexibility index (Phi) is 6.80. The van der Waals surface area contributed by atoms with Crippen molar-refractivity contribution in [2.75, 3.05) is 0 Å². The fraction of sp³-hybridized carbons (Fsp3) is 0.438. The zero-order valence-corrected chi connectivity index (χ0v) is 14.4. The lowest BCUT2D eigenvalue weighted by atomic mass is 10.0. The van der Waals surface area contributed by atoms with Gasteiger partial charge in [-0.25, -0.2) is 5.43 Å². The number of carbonyl (C=O) groups is 2. The summed E-state index contributed by atoms with van der Waals surface area (Å²) in [6.45, 7) is 2.12. The molecule has 1 aromatic heterocycles. The number of pyridine rings is 1. The molecule has 2 heterocycles. The number of hydrazone groups is 1. The standard InChI is InChI=1S/C16H21N5O2S/c1-2-3-4-5-12(10-13-15(23)19-16(24)18-13)20-21-14(22)11-6-8-17-9-7-11/h6-9,13H,2-5,10H2,1H3,(H,21,22)(H2,18,19,23,24)/b20-12-/t13-/m0/s1. The van der Waals surface area contributed by atoms with Crippen LogP contribution in [0.5, 0.6) is 0 Å². The topological polar surface area (TPSA) is 95.5 Å². The Morgan fingerprint density at radius 2 is 2.12 bits per heavy atom. The first-order valence-corrected chi connectivity index (χ1v) is 8.38. The molecular formula is C16H21N5O2S. The highest BCUT2D eigenvalue weighted by atomic mass is 32.1. The number of amides is 2. The minimum atomic E-state index is -0.435. The van der Waals surface area contributed by atoms with Crippen molar-refractivity contribution in [1.82, 2.24) is 21.0 Å². The lowest BCUT2D eigenvalue weighted by Crippen LogP contribution is -2.32. The number of nitrogens with one attached hydrogen (secondary N) is 3. The molecule has 1 fully saturated rings. The number of unbranched alkanes of at least 4 members (excludes halogenated alkanes) is 2. The molecule has 0 saturated carbocycles. The molecule has 0 spiro atoms. The molecule has 7 nitrogen and oxygen atoms in total. The van der Waals surface area contributed by atoms with Crippen molar-refractivity contribution in [3.8, 4) is 0 Å². The van der Waals surface area contributed by atoms with Crippen LogP contribution in [0.3, 0.4) is 0 Å². The Bertz CT molecular complexity index is 633. The van der Waals surface area contributed by atoms with Gasteiger partial charge in [-0.15, -0.1) is 0 Å². The summed E-state index contributed by atoms with van der Waals surface area (Å²) in [5.41, 5.74) is 3.81. The SMILES string of the molecule is CCCCC/C(C[C@@H]1NC(=S)NC1=O)=N/NC(=O)c1ccncc1. The highest BCUT2D eigenvalue weighted by molar-refractivity contribution is 7.80. The smallest absolute Gasteiger partial charge is 0.271 e. The largest absolute Gasteiger partial charge is 0.350 e. The second kappa shape index (κ2) is 9.07. The number of nitrogens with zero attached hydrogens (tertiary/aromatic N) is 2. The van der Waals surface area contributed by atoms with Crippen LogP contribution < -0.4 is 16.1 Å². The van der Waals surface area contributed by atoms with Crippen LogP contribution in [0.15, 0.2) is 29.6 Å². The monoisotopic (exact) mass is 347 g/mol. The molecular weight excluding hydrogens is 326 g/mol. The second-order valence-corrected chi connectivity index (χ2v) is 5.94.